The molecule has 1 atom stereocenters. The number of benzene rings is 1. The zero-order valence-corrected chi connectivity index (χ0v) is 9.78. The molecular weight excluding hydrogens is 216 g/mol. The van der Waals surface area contributed by atoms with E-state index in [-0.39, 0.29) is 0 Å². The number of ether oxygens (including phenoxy) is 1. The zero-order chi connectivity index (χ0) is 12.1. The first-order valence-corrected chi connectivity index (χ1v) is 5.64. The summed E-state index contributed by atoms with van der Waals surface area (Å²) < 4.78 is 7.40. The van der Waals surface area contributed by atoms with E-state index in [2.05, 4.69) is 5.10 Å². The highest BCUT2D eigenvalue weighted by molar-refractivity contribution is 5.28. The number of hydrogen-bond acceptors (Lipinski definition) is 3. The van der Waals surface area contributed by atoms with Crippen molar-refractivity contribution in [1.82, 2.24) is 9.78 Å². The van der Waals surface area contributed by atoms with E-state index >= 15 is 0 Å². The minimum atomic E-state index is -0.437. The van der Waals surface area contributed by atoms with Crippen molar-refractivity contribution in [2.24, 2.45) is 0 Å². The molecule has 90 valence electrons. The summed E-state index contributed by atoms with van der Waals surface area (Å²) in [7, 11) is 0. The first kappa shape index (κ1) is 11.7. The lowest BCUT2D eigenvalue weighted by molar-refractivity contribution is 0.199. The fraction of sp³-hybridized carbons (Fsp3) is 0.308. The largest absolute Gasteiger partial charge is 0.492 e. The second-order valence-corrected chi connectivity index (χ2v) is 3.86. The van der Waals surface area contributed by atoms with Crippen molar-refractivity contribution in [1.29, 1.82) is 0 Å². The molecule has 0 saturated carbocycles. The normalized spacial score (nSPS) is 12.4. The highest BCUT2D eigenvalue weighted by Gasteiger charge is 2.00. The summed E-state index contributed by atoms with van der Waals surface area (Å²) in [5, 5.41) is 13.5. The van der Waals surface area contributed by atoms with Gasteiger partial charge >= 0.3 is 0 Å². The molecule has 2 rings (SSSR count). The smallest absolute Gasteiger partial charge is 0.119 e. The van der Waals surface area contributed by atoms with Crippen molar-refractivity contribution in [2.75, 3.05) is 6.61 Å². The van der Waals surface area contributed by atoms with Gasteiger partial charge in [0, 0.05) is 12.4 Å². The third-order valence-corrected chi connectivity index (χ3v) is 2.51. The molecule has 0 saturated heterocycles. The lowest BCUT2D eigenvalue weighted by atomic mass is 10.1. The maximum absolute atomic E-state index is 9.36. The van der Waals surface area contributed by atoms with Gasteiger partial charge in [0.1, 0.15) is 12.4 Å². The molecular formula is C13H16N2O2. The van der Waals surface area contributed by atoms with E-state index in [0.717, 1.165) is 17.9 Å². The Balaban J connectivity index is 1.83. The fourth-order valence-electron chi connectivity index (χ4n) is 1.53. The molecule has 0 aliphatic carbocycles. The Kier molecular flexibility index (Phi) is 3.77. The summed E-state index contributed by atoms with van der Waals surface area (Å²) in [5.41, 5.74) is 0.893. The van der Waals surface area contributed by atoms with Gasteiger partial charge in [-0.15, -0.1) is 0 Å². The fourth-order valence-corrected chi connectivity index (χ4v) is 1.53. The van der Waals surface area contributed by atoms with E-state index in [9.17, 15) is 5.11 Å². The zero-order valence-electron chi connectivity index (χ0n) is 9.78. The van der Waals surface area contributed by atoms with Crippen molar-refractivity contribution < 1.29 is 9.84 Å². The number of rotatable bonds is 5. The summed E-state index contributed by atoms with van der Waals surface area (Å²) in [6, 6.07) is 9.36. The van der Waals surface area contributed by atoms with Crippen molar-refractivity contribution in [3.63, 3.8) is 0 Å². The number of aromatic nitrogens is 2. The number of hydrogen-bond donors (Lipinski definition) is 1. The molecule has 2 aromatic rings. The molecule has 4 nitrogen and oxygen atoms in total. The Morgan fingerprint density at radius 1 is 1.35 bits per heavy atom. The van der Waals surface area contributed by atoms with Gasteiger partial charge in [0.15, 0.2) is 0 Å². The maximum Gasteiger partial charge on any atom is 0.119 e. The highest BCUT2D eigenvalue weighted by atomic mass is 16.5. The molecule has 0 aliphatic heterocycles. The van der Waals surface area contributed by atoms with E-state index < -0.39 is 6.10 Å². The average molecular weight is 232 g/mol. The van der Waals surface area contributed by atoms with Crippen LogP contribution in [0.2, 0.25) is 0 Å². The van der Waals surface area contributed by atoms with Crippen LogP contribution in [0.25, 0.3) is 0 Å². The van der Waals surface area contributed by atoms with Crippen molar-refractivity contribution >= 4 is 0 Å². The Bertz CT molecular complexity index is 435. The first-order chi connectivity index (χ1) is 8.25. The molecule has 0 amide bonds. The predicted molar refractivity (Wildman–Crippen MR) is 64.8 cm³/mol. The molecule has 0 aliphatic rings. The van der Waals surface area contributed by atoms with Gasteiger partial charge in [-0.3, -0.25) is 4.68 Å². The molecule has 1 aromatic heterocycles. The van der Waals surface area contributed by atoms with E-state index in [4.69, 9.17) is 4.74 Å². The van der Waals surface area contributed by atoms with Crippen LogP contribution in [0.5, 0.6) is 5.75 Å². The summed E-state index contributed by atoms with van der Waals surface area (Å²) >= 11 is 0. The van der Waals surface area contributed by atoms with Crippen LogP contribution in [-0.4, -0.2) is 21.5 Å². The van der Waals surface area contributed by atoms with E-state index in [1.165, 1.54) is 0 Å². The molecule has 1 N–H and O–H groups in total. The van der Waals surface area contributed by atoms with Gasteiger partial charge in [0.05, 0.1) is 12.6 Å². The van der Waals surface area contributed by atoms with Crippen LogP contribution in [0.3, 0.4) is 0 Å². The van der Waals surface area contributed by atoms with Crippen LogP contribution >= 0.6 is 0 Å². The predicted octanol–water partition coefficient (Wildman–Crippen LogP) is 2.02. The highest BCUT2D eigenvalue weighted by Crippen LogP contribution is 2.17. The number of nitrogens with zero attached hydrogens (tertiary/aromatic N) is 2. The van der Waals surface area contributed by atoms with Crippen molar-refractivity contribution in [3.05, 3.63) is 48.3 Å². The first-order valence-electron chi connectivity index (χ1n) is 5.64. The Morgan fingerprint density at radius 2 is 2.12 bits per heavy atom. The van der Waals surface area contributed by atoms with Gasteiger partial charge in [-0.05, 0) is 30.7 Å². The summed E-state index contributed by atoms with van der Waals surface area (Å²) in [6.07, 6.45) is 3.21. The molecule has 0 fully saturated rings. The van der Waals surface area contributed by atoms with E-state index in [1.807, 2.05) is 41.2 Å². The van der Waals surface area contributed by atoms with Gasteiger partial charge < -0.3 is 9.84 Å². The minimum Gasteiger partial charge on any atom is -0.492 e. The topological polar surface area (TPSA) is 47.3 Å². The Hall–Kier alpha value is -1.81. The van der Waals surface area contributed by atoms with Crippen LogP contribution in [0.1, 0.15) is 18.6 Å². The molecule has 0 bridgehead atoms. The molecule has 1 aromatic carbocycles. The lowest BCUT2D eigenvalue weighted by Crippen LogP contribution is -2.08. The van der Waals surface area contributed by atoms with Crippen LogP contribution < -0.4 is 4.74 Å². The molecule has 0 radical (unpaired) electrons. The average Bonchev–Trinajstić information content (AvgIpc) is 2.83. The molecule has 1 heterocycles. The SMILES string of the molecule is CC(O)c1ccc(OCCn2cccn2)cc1. The summed E-state index contributed by atoms with van der Waals surface area (Å²) in [6.45, 7) is 3.05. The Labute approximate surface area is 100 Å². The van der Waals surface area contributed by atoms with E-state index in [1.54, 1.807) is 13.1 Å². The van der Waals surface area contributed by atoms with Crippen LogP contribution in [0.15, 0.2) is 42.7 Å². The third kappa shape index (κ3) is 3.32. The summed E-state index contributed by atoms with van der Waals surface area (Å²) in [4.78, 5) is 0. The van der Waals surface area contributed by atoms with Gasteiger partial charge in [-0.2, -0.15) is 5.10 Å². The van der Waals surface area contributed by atoms with Crippen LogP contribution in [0.4, 0.5) is 0 Å². The lowest BCUT2D eigenvalue weighted by Gasteiger charge is -2.08. The molecule has 4 heteroatoms. The number of aliphatic hydroxyl groups excluding tert-OH is 1. The Morgan fingerprint density at radius 3 is 2.71 bits per heavy atom. The minimum absolute atomic E-state index is 0.437. The van der Waals surface area contributed by atoms with Crippen molar-refractivity contribution in [3.8, 4) is 5.75 Å². The summed E-state index contributed by atoms with van der Waals surface area (Å²) in [5.74, 6) is 0.807. The van der Waals surface area contributed by atoms with Gasteiger partial charge in [0.25, 0.3) is 0 Å². The second kappa shape index (κ2) is 5.50. The molecule has 0 spiro atoms. The monoisotopic (exact) mass is 232 g/mol. The third-order valence-electron chi connectivity index (χ3n) is 2.51. The molecule has 17 heavy (non-hydrogen) atoms. The van der Waals surface area contributed by atoms with Gasteiger partial charge in [0.2, 0.25) is 0 Å². The molecule has 1 unspecified atom stereocenters. The van der Waals surface area contributed by atoms with Crippen molar-refractivity contribution in [2.45, 2.75) is 19.6 Å². The van der Waals surface area contributed by atoms with E-state index in [0.29, 0.717) is 6.61 Å². The van der Waals surface area contributed by atoms with Gasteiger partial charge in [-0.25, -0.2) is 0 Å². The van der Waals surface area contributed by atoms with Gasteiger partial charge in [-0.1, -0.05) is 12.1 Å². The van der Waals surface area contributed by atoms with Crippen LogP contribution in [-0.2, 0) is 6.54 Å². The van der Waals surface area contributed by atoms with Crippen LogP contribution in [0, 0.1) is 0 Å². The maximum atomic E-state index is 9.36. The second-order valence-electron chi connectivity index (χ2n) is 3.86. The standard InChI is InChI=1S/C13H16N2O2/c1-11(16)12-3-5-13(6-4-12)17-10-9-15-8-2-7-14-15/h2-8,11,16H,9-10H2,1H3. The quantitative estimate of drug-likeness (QED) is 0.857. The number of aliphatic hydroxyl groups is 1.